The summed E-state index contributed by atoms with van der Waals surface area (Å²) in [6, 6.07) is 10.9. The van der Waals surface area contributed by atoms with Crippen LogP contribution in [0.4, 0.5) is 0 Å². The standard InChI is InChI=1S/C20H25N3O4.C2H6/c1-14(24)8-7-11-16(15-9-5-4-6-10-15)22-23-13-12-17(25)19(27-3)18(23)20(26)21-2;1-2/h4-6,9-10,12-13,16,22H,7-8,11H2,1-3H3,(H,21,26);1-2H3. The van der Waals surface area contributed by atoms with Crippen molar-refractivity contribution in [3.8, 4) is 5.75 Å². The van der Waals surface area contributed by atoms with Crippen LogP contribution in [0.5, 0.6) is 5.75 Å². The van der Waals surface area contributed by atoms with E-state index in [-0.39, 0.29) is 28.7 Å². The van der Waals surface area contributed by atoms with Crippen molar-refractivity contribution in [1.29, 1.82) is 0 Å². The summed E-state index contributed by atoms with van der Waals surface area (Å²) >= 11 is 0. The van der Waals surface area contributed by atoms with Crippen LogP contribution < -0.4 is 20.9 Å². The lowest BCUT2D eigenvalue weighted by atomic mass is 10.0. The molecule has 7 heteroatoms. The van der Waals surface area contributed by atoms with Gasteiger partial charge in [-0.3, -0.25) is 14.3 Å². The maximum Gasteiger partial charge on any atom is 0.273 e. The van der Waals surface area contributed by atoms with Crippen molar-refractivity contribution in [3.05, 3.63) is 64.1 Å². The molecule has 1 unspecified atom stereocenters. The van der Waals surface area contributed by atoms with Gasteiger partial charge in [0.05, 0.1) is 13.2 Å². The van der Waals surface area contributed by atoms with Gasteiger partial charge >= 0.3 is 0 Å². The Morgan fingerprint density at radius 3 is 2.34 bits per heavy atom. The van der Waals surface area contributed by atoms with Crippen molar-refractivity contribution in [2.45, 2.75) is 46.1 Å². The average molecular weight is 402 g/mol. The van der Waals surface area contributed by atoms with Crippen LogP contribution in [0.25, 0.3) is 0 Å². The van der Waals surface area contributed by atoms with Crippen molar-refractivity contribution in [1.82, 2.24) is 9.99 Å². The molecule has 0 saturated carbocycles. The van der Waals surface area contributed by atoms with E-state index in [0.717, 1.165) is 5.56 Å². The molecular weight excluding hydrogens is 370 g/mol. The van der Waals surface area contributed by atoms with Gasteiger partial charge in [0.15, 0.2) is 11.4 Å². The number of rotatable bonds is 9. The number of hydrogen-bond donors (Lipinski definition) is 2. The van der Waals surface area contributed by atoms with Gasteiger partial charge in [0.2, 0.25) is 5.43 Å². The van der Waals surface area contributed by atoms with E-state index in [1.165, 1.54) is 31.1 Å². The van der Waals surface area contributed by atoms with Gasteiger partial charge in [0.25, 0.3) is 5.91 Å². The minimum atomic E-state index is -0.437. The fraction of sp³-hybridized carbons (Fsp3) is 0.409. The molecule has 0 bridgehead atoms. The first-order valence-corrected chi connectivity index (χ1v) is 9.80. The van der Waals surface area contributed by atoms with E-state index in [1.54, 1.807) is 6.92 Å². The zero-order valence-corrected chi connectivity index (χ0v) is 17.8. The summed E-state index contributed by atoms with van der Waals surface area (Å²) in [5, 5.41) is 2.53. The monoisotopic (exact) mass is 401 g/mol. The van der Waals surface area contributed by atoms with Crippen LogP contribution in [-0.4, -0.2) is 30.5 Å². The number of methoxy groups -OCH3 is 1. The molecule has 7 nitrogen and oxygen atoms in total. The molecule has 0 spiro atoms. The van der Waals surface area contributed by atoms with Crippen LogP contribution in [0, 0.1) is 0 Å². The van der Waals surface area contributed by atoms with E-state index in [1.807, 2.05) is 44.2 Å². The van der Waals surface area contributed by atoms with Gasteiger partial charge in [-0.1, -0.05) is 44.2 Å². The lowest BCUT2D eigenvalue weighted by Gasteiger charge is -2.24. The molecule has 1 atom stereocenters. The molecule has 2 N–H and O–H groups in total. The second kappa shape index (κ2) is 12.4. The number of amides is 1. The molecule has 0 saturated heterocycles. The molecule has 0 aliphatic heterocycles. The third kappa shape index (κ3) is 6.78. The highest BCUT2D eigenvalue weighted by Crippen LogP contribution is 2.22. The van der Waals surface area contributed by atoms with E-state index in [0.29, 0.717) is 19.3 Å². The Morgan fingerprint density at radius 2 is 1.79 bits per heavy atom. The third-order valence-electron chi connectivity index (χ3n) is 4.22. The molecule has 1 aromatic carbocycles. The van der Waals surface area contributed by atoms with Gasteiger partial charge in [-0.2, -0.15) is 0 Å². The predicted octanol–water partition coefficient (Wildman–Crippen LogP) is 3.29. The molecule has 1 heterocycles. The molecule has 0 aliphatic rings. The molecule has 2 rings (SSSR count). The predicted molar refractivity (Wildman–Crippen MR) is 115 cm³/mol. The maximum absolute atomic E-state index is 12.4. The maximum atomic E-state index is 12.4. The van der Waals surface area contributed by atoms with Crippen molar-refractivity contribution >= 4 is 11.7 Å². The summed E-state index contributed by atoms with van der Waals surface area (Å²) in [5.41, 5.74) is 4.02. The summed E-state index contributed by atoms with van der Waals surface area (Å²) in [6.07, 6.45) is 3.39. The van der Waals surface area contributed by atoms with Gasteiger partial charge in [0.1, 0.15) is 5.78 Å². The van der Waals surface area contributed by atoms with Gasteiger partial charge in [0, 0.05) is 25.7 Å². The first-order chi connectivity index (χ1) is 14.0. The summed E-state index contributed by atoms with van der Waals surface area (Å²) < 4.78 is 6.67. The molecule has 158 valence electrons. The topological polar surface area (TPSA) is 89.4 Å². The highest BCUT2D eigenvalue weighted by molar-refractivity contribution is 5.95. The Kier molecular flexibility index (Phi) is 10.2. The lowest BCUT2D eigenvalue weighted by Crippen LogP contribution is -2.32. The highest BCUT2D eigenvalue weighted by Gasteiger charge is 2.21. The number of Topliss-reactive ketones (excluding diaryl/α,β-unsaturated/α-hetero) is 1. The molecule has 1 aromatic heterocycles. The number of benzene rings is 1. The number of carbonyl (C=O) groups excluding carboxylic acids is 2. The SMILES string of the molecule is CC.CNC(=O)c1c(OC)c(=O)ccn1NC(CCCC(C)=O)c1ccccc1. The minimum absolute atomic E-state index is 0.0279. The number of pyridine rings is 1. The minimum Gasteiger partial charge on any atom is -0.491 e. The van der Waals surface area contributed by atoms with Gasteiger partial charge in [-0.15, -0.1) is 0 Å². The molecular formula is C22H31N3O4. The summed E-state index contributed by atoms with van der Waals surface area (Å²) in [7, 11) is 2.85. The van der Waals surface area contributed by atoms with Gasteiger partial charge < -0.3 is 20.3 Å². The van der Waals surface area contributed by atoms with E-state index in [9.17, 15) is 14.4 Å². The van der Waals surface area contributed by atoms with E-state index in [4.69, 9.17) is 4.74 Å². The highest BCUT2D eigenvalue weighted by atomic mass is 16.5. The van der Waals surface area contributed by atoms with Crippen molar-refractivity contribution in [3.63, 3.8) is 0 Å². The smallest absolute Gasteiger partial charge is 0.273 e. The van der Waals surface area contributed by atoms with Crippen LogP contribution in [-0.2, 0) is 4.79 Å². The Hall–Kier alpha value is -3.09. The number of nitrogens with one attached hydrogen (secondary N) is 2. The Bertz CT molecular complexity index is 847. The largest absolute Gasteiger partial charge is 0.491 e. The van der Waals surface area contributed by atoms with Crippen molar-refractivity contribution < 1.29 is 14.3 Å². The third-order valence-corrected chi connectivity index (χ3v) is 4.22. The van der Waals surface area contributed by atoms with Crippen LogP contribution in [0.2, 0.25) is 0 Å². The van der Waals surface area contributed by atoms with Crippen LogP contribution in [0.15, 0.2) is 47.4 Å². The Labute approximate surface area is 172 Å². The van der Waals surface area contributed by atoms with Crippen molar-refractivity contribution in [2.75, 3.05) is 19.6 Å². The van der Waals surface area contributed by atoms with Gasteiger partial charge in [-0.25, -0.2) is 0 Å². The summed E-state index contributed by atoms with van der Waals surface area (Å²) in [5.74, 6) is -0.328. The molecule has 29 heavy (non-hydrogen) atoms. The van der Waals surface area contributed by atoms with Gasteiger partial charge in [-0.05, 0) is 25.3 Å². The van der Waals surface area contributed by atoms with Crippen molar-refractivity contribution in [2.24, 2.45) is 0 Å². The number of ketones is 1. The first kappa shape index (κ1) is 23.9. The molecule has 0 aliphatic carbocycles. The average Bonchev–Trinajstić information content (AvgIpc) is 2.75. The normalized spacial score (nSPS) is 10.9. The fourth-order valence-electron chi connectivity index (χ4n) is 2.87. The van der Waals surface area contributed by atoms with Crippen LogP contribution >= 0.6 is 0 Å². The van der Waals surface area contributed by atoms with E-state index in [2.05, 4.69) is 10.7 Å². The lowest BCUT2D eigenvalue weighted by molar-refractivity contribution is -0.117. The van der Waals surface area contributed by atoms with Crippen LogP contribution in [0.3, 0.4) is 0 Å². The second-order valence-corrected chi connectivity index (χ2v) is 6.20. The summed E-state index contributed by atoms with van der Waals surface area (Å²) in [4.78, 5) is 35.7. The van der Waals surface area contributed by atoms with Crippen LogP contribution in [0.1, 0.15) is 62.1 Å². The number of aromatic nitrogens is 1. The fourth-order valence-corrected chi connectivity index (χ4v) is 2.87. The quantitative estimate of drug-likeness (QED) is 0.673. The first-order valence-electron chi connectivity index (χ1n) is 9.80. The number of nitrogens with zero attached hydrogens (tertiary/aromatic N) is 1. The Morgan fingerprint density at radius 1 is 1.14 bits per heavy atom. The molecule has 0 radical (unpaired) electrons. The number of ether oxygens (including phenoxy) is 1. The molecule has 0 fully saturated rings. The summed E-state index contributed by atoms with van der Waals surface area (Å²) in [6.45, 7) is 5.57. The number of carbonyl (C=O) groups is 2. The molecule has 1 amide bonds. The second-order valence-electron chi connectivity index (χ2n) is 6.20. The zero-order chi connectivity index (χ0) is 21.8. The zero-order valence-electron chi connectivity index (χ0n) is 17.8. The Balaban J connectivity index is 0.00000204. The van der Waals surface area contributed by atoms with E-state index < -0.39 is 5.91 Å². The number of hydrogen-bond acceptors (Lipinski definition) is 5. The molecule has 2 aromatic rings. The van der Waals surface area contributed by atoms with E-state index >= 15 is 0 Å².